The van der Waals surface area contributed by atoms with Crippen LogP contribution >= 0.6 is 0 Å². The lowest BCUT2D eigenvalue weighted by Gasteiger charge is -2.25. The Hall–Kier alpha value is -1.87. The van der Waals surface area contributed by atoms with E-state index in [1.54, 1.807) is 13.2 Å². The molecule has 100 valence electrons. The Morgan fingerprint density at radius 1 is 1.16 bits per heavy atom. The molecule has 2 N–H and O–H groups in total. The number of rotatable bonds is 4. The van der Waals surface area contributed by atoms with Crippen molar-refractivity contribution in [3.8, 4) is 5.75 Å². The number of hydrogen-bond acceptors (Lipinski definition) is 2. The molecule has 19 heavy (non-hydrogen) atoms. The topological polar surface area (TPSA) is 35.2 Å². The Morgan fingerprint density at radius 2 is 1.89 bits per heavy atom. The van der Waals surface area contributed by atoms with Crippen LogP contribution in [0, 0.1) is 5.82 Å². The molecule has 0 aliphatic rings. The summed E-state index contributed by atoms with van der Waals surface area (Å²) in [5, 5.41) is 0. The summed E-state index contributed by atoms with van der Waals surface area (Å²) in [6, 6.07) is 14.2. The largest absolute Gasteiger partial charge is 0.497 e. The summed E-state index contributed by atoms with van der Waals surface area (Å²) >= 11 is 0. The fourth-order valence-corrected chi connectivity index (χ4v) is 2.15. The van der Waals surface area contributed by atoms with Gasteiger partial charge in [-0.15, -0.1) is 0 Å². The molecule has 1 unspecified atom stereocenters. The van der Waals surface area contributed by atoms with E-state index in [0.717, 1.165) is 16.9 Å². The second-order valence-electron chi connectivity index (χ2n) is 4.96. The van der Waals surface area contributed by atoms with Gasteiger partial charge in [0.1, 0.15) is 11.6 Å². The monoisotopic (exact) mass is 259 g/mol. The molecule has 0 amide bonds. The number of benzene rings is 2. The smallest absolute Gasteiger partial charge is 0.123 e. The van der Waals surface area contributed by atoms with Crippen LogP contribution in [-0.2, 0) is 12.0 Å². The van der Waals surface area contributed by atoms with Crippen LogP contribution in [0.5, 0.6) is 5.75 Å². The summed E-state index contributed by atoms with van der Waals surface area (Å²) < 4.78 is 18.5. The van der Waals surface area contributed by atoms with Gasteiger partial charge < -0.3 is 10.5 Å². The van der Waals surface area contributed by atoms with E-state index in [1.807, 2.05) is 37.3 Å². The van der Waals surface area contributed by atoms with Gasteiger partial charge in [0.2, 0.25) is 0 Å². The first kappa shape index (κ1) is 13.6. The fourth-order valence-electron chi connectivity index (χ4n) is 2.15. The van der Waals surface area contributed by atoms with Crippen LogP contribution in [0.1, 0.15) is 18.1 Å². The minimum atomic E-state index is -0.617. The van der Waals surface area contributed by atoms with Crippen LogP contribution in [0.2, 0.25) is 0 Å². The highest BCUT2D eigenvalue weighted by atomic mass is 19.1. The van der Waals surface area contributed by atoms with E-state index in [1.165, 1.54) is 12.1 Å². The standard InChI is InChI=1S/C16H18FNO/c1-16(18,13-6-4-7-14(17)10-13)11-12-5-3-8-15(9-12)19-2/h3-10H,11,18H2,1-2H3. The molecule has 2 aromatic carbocycles. The zero-order valence-corrected chi connectivity index (χ0v) is 11.2. The average molecular weight is 259 g/mol. The molecule has 0 spiro atoms. The molecule has 2 nitrogen and oxygen atoms in total. The Labute approximate surface area is 113 Å². The highest BCUT2D eigenvalue weighted by Gasteiger charge is 2.22. The summed E-state index contributed by atoms with van der Waals surface area (Å²) in [5.74, 6) is 0.535. The van der Waals surface area contributed by atoms with E-state index < -0.39 is 5.54 Å². The third-order valence-electron chi connectivity index (χ3n) is 3.19. The quantitative estimate of drug-likeness (QED) is 0.914. The lowest BCUT2D eigenvalue weighted by atomic mass is 9.86. The number of halogens is 1. The van der Waals surface area contributed by atoms with Crippen LogP contribution in [0.15, 0.2) is 48.5 Å². The van der Waals surface area contributed by atoms with Crippen molar-refractivity contribution in [2.24, 2.45) is 5.73 Å². The van der Waals surface area contributed by atoms with Crippen molar-refractivity contribution >= 4 is 0 Å². The summed E-state index contributed by atoms with van der Waals surface area (Å²) in [6.45, 7) is 1.90. The number of methoxy groups -OCH3 is 1. The first-order valence-corrected chi connectivity index (χ1v) is 6.19. The second-order valence-corrected chi connectivity index (χ2v) is 4.96. The number of nitrogens with two attached hydrogens (primary N) is 1. The lowest BCUT2D eigenvalue weighted by Crippen LogP contribution is -2.35. The number of ether oxygens (including phenoxy) is 1. The molecule has 0 heterocycles. The maximum absolute atomic E-state index is 13.3. The third kappa shape index (κ3) is 3.32. The Morgan fingerprint density at radius 3 is 2.58 bits per heavy atom. The Kier molecular flexibility index (Phi) is 3.86. The van der Waals surface area contributed by atoms with Crippen molar-refractivity contribution in [2.45, 2.75) is 18.9 Å². The van der Waals surface area contributed by atoms with Gasteiger partial charge in [-0.2, -0.15) is 0 Å². The van der Waals surface area contributed by atoms with E-state index >= 15 is 0 Å². The third-order valence-corrected chi connectivity index (χ3v) is 3.19. The molecule has 2 aromatic rings. The maximum atomic E-state index is 13.3. The van der Waals surface area contributed by atoms with Gasteiger partial charge in [0, 0.05) is 5.54 Å². The minimum absolute atomic E-state index is 0.264. The summed E-state index contributed by atoms with van der Waals surface area (Å²) in [6.07, 6.45) is 0.619. The van der Waals surface area contributed by atoms with E-state index in [2.05, 4.69) is 0 Å². The van der Waals surface area contributed by atoms with Gasteiger partial charge in [0.25, 0.3) is 0 Å². The van der Waals surface area contributed by atoms with Crippen LogP contribution in [0.3, 0.4) is 0 Å². The van der Waals surface area contributed by atoms with Crippen LogP contribution in [-0.4, -0.2) is 7.11 Å². The van der Waals surface area contributed by atoms with Crippen LogP contribution < -0.4 is 10.5 Å². The maximum Gasteiger partial charge on any atom is 0.123 e. The zero-order valence-electron chi connectivity index (χ0n) is 11.2. The predicted molar refractivity (Wildman–Crippen MR) is 74.6 cm³/mol. The summed E-state index contributed by atoms with van der Waals surface area (Å²) in [7, 11) is 1.63. The average Bonchev–Trinajstić information content (AvgIpc) is 2.38. The van der Waals surface area contributed by atoms with Crippen molar-refractivity contribution in [3.63, 3.8) is 0 Å². The molecule has 0 aromatic heterocycles. The number of hydrogen-bond donors (Lipinski definition) is 1. The van der Waals surface area contributed by atoms with Gasteiger partial charge in [-0.05, 0) is 48.7 Å². The fraction of sp³-hybridized carbons (Fsp3) is 0.250. The highest BCUT2D eigenvalue weighted by molar-refractivity contribution is 5.32. The molecule has 0 radical (unpaired) electrons. The van der Waals surface area contributed by atoms with E-state index in [0.29, 0.717) is 6.42 Å². The highest BCUT2D eigenvalue weighted by Crippen LogP contribution is 2.25. The summed E-state index contributed by atoms with van der Waals surface area (Å²) in [5.41, 5.74) is 7.56. The molecule has 0 saturated carbocycles. The van der Waals surface area contributed by atoms with E-state index in [4.69, 9.17) is 10.5 Å². The SMILES string of the molecule is COc1cccc(CC(C)(N)c2cccc(F)c2)c1. The zero-order chi connectivity index (χ0) is 13.9. The van der Waals surface area contributed by atoms with Gasteiger partial charge in [0.05, 0.1) is 7.11 Å². The van der Waals surface area contributed by atoms with Gasteiger partial charge in [-0.1, -0.05) is 24.3 Å². The first-order chi connectivity index (χ1) is 9.01. The molecular formula is C16H18FNO. The van der Waals surface area contributed by atoms with Gasteiger partial charge in [0.15, 0.2) is 0 Å². The molecule has 0 aliphatic heterocycles. The molecule has 0 fully saturated rings. The molecular weight excluding hydrogens is 241 g/mol. The molecule has 1 atom stereocenters. The second kappa shape index (κ2) is 5.41. The van der Waals surface area contributed by atoms with Gasteiger partial charge in [-0.3, -0.25) is 0 Å². The van der Waals surface area contributed by atoms with Gasteiger partial charge >= 0.3 is 0 Å². The lowest BCUT2D eigenvalue weighted by molar-refractivity contribution is 0.413. The van der Waals surface area contributed by atoms with Crippen molar-refractivity contribution < 1.29 is 9.13 Å². The predicted octanol–water partition coefficient (Wildman–Crippen LogP) is 3.25. The Balaban J connectivity index is 2.25. The van der Waals surface area contributed by atoms with Crippen molar-refractivity contribution in [3.05, 3.63) is 65.5 Å². The molecule has 0 saturated heterocycles. The molecule has 3 heteroatoms. The minimum Gasteiger partial charge on any atom is -0.497 e. The molecule has 2 rings (SSSR count). The van der Waals surface area contributed by atoms with Crippen LogP contribution in [0.4, 0.5) is 4.39 Å². The first-order valence-electron chi connectivity index (χ1n) is 6.19. The van der Waals surface area contributed by atoms with Crippen molar-refractivity contribution in [1.82, 2.24) is 0 Å². The molecule has 0 aliphatic carbocycles. The Bertz CT molecular complexity index is 566. The van der Waals surface area contributed by atoms with E-state index in [-0.39, 0.29) is 5.82 Å². The summed E-state index contributed by atoms with van der Waals surface area (Å²) in [4.78, 5) is 0. The van der Waals surface area contributed by atoms with Crippen molar-refractivity contribution in [1.29, 1.82) is 0 Å². The molecule has 0 bridgehead atoms. The van der Waals surface area contributed by atoms with Gasteiger partial charge in [-0.25, -0.2) is 4.39 Å². The van der Waals surface area contributed by atoms with Crippen LogP contribution in [0.25, 0.3) is 0 Å². The normalized spacial score (nSPS) is 13.9. The van der Waals surface area contributed by atoms with E-state index in [9.17, 15) is 4.39 Å². The van der Waals surface area contributed by atoms with Crippen molar-refractivity contribution in [2.75, 3.05) is 7.11 Å².